The van der Waals surface area contributed by atoms with Crippen molar-refractivity contribution in [1.29, 1.82) is 0 Å². The minimum Gasteiger partial charge on any atom is -0.449 e. The molecule has 22 heavy (non-hydrogen) atoms. The molecule has 5 heteroatoms. The van der Waals surface area contributed by atoms with Crippen LogP contribution < -0.4 is 5.32 Å². The minimum atomic E-state index is -0.802. The summed E-state index contributed by atoms with van der Waals surface area (Å²) < 4.78 is 5.10. The fourth-order valence-corrected chi connectivity index (χ4v) is 2.62. The minimum absolute atomic E-state index is 0.215. The Labute approximate surface area is 135 Å². The summed E-state index contributed by atoms with van der Waals surface area (Å²) in [7, 11) is 0. The van der Waals surface area contributed by atoms with Gasteiger partial charge in [-0.25, -0.2) is 4.79 Å². The van der Waals surface area contributed by atoms with Gasteiger partial charge in [0.1, 0.15) is 0 Å². The topological polar surface area (TPSA) is 55.4 Å². The molecule has 1 atom stereocenters. The molecule has 118 valence electrons. The standard InChI is InChI=1S/C17H20ClNO3/c1-12(17(21)19-14-7-3-4-8-14)22-16(20)11-10-13-6-2-5-9-15(13)18/h2,5-6,9-12,14H,3-4,7-8H2,1H3,(H,19,21)/b11-10+. The maximum atomic E-state index is 11.9. The first kappa shape index (κ1) is 16.6. The summed E-state index contributed by atoms with van der Waals surface area (Å²) in [5, 5.41) is 3.46. The summed E-state index contributed by atoms with van der Waals surface area (Å²) in [6.07, 6.45) is 6.33. The van der Waals surface area contributed by atoms with Gasteiger partial charge in [0.15, 0.2) is 6.10 Å². The highest BCUT2D eigenvalue weighted by molar-refractivity contribution is 6.32. The molecule has 1 aliphatic rings. The molecular weight excluding hydrogens is 302 g/mol. The monoisotopic (exact) mass is 321 g/mol. The second kappa shape index (κ2) is 7.99. The van der Waals surface area contributed by atoms with Crippen LogP contribution in [0.15, 0.2) is 30.3 Å². The molecule has 0 aromatic heterocycles. The zero-order valence-corrected chi connectivity index (χ0v) is 13.3. The van der Waals surface area contributed by atoms with Crippen LogP contribution in [-0.2, 0) is 14.3 Å². The average molecular weight is 322 g/mol. The van der Waals surface area contributed by atoms with Crippen LogP contribution in [0.2, 0.25) is 5.02 Å². The maximum absolute atomic E-state index is 11.9. The number of ether oxygens (including phenoxy) is 1. The number of benzene rings is 1. The van der Waals surface area contributed by atoms with Crippen LogP contribution in [-0.4, -0.2) is 24.0 Å². The first-order valence-corrected chi connectivity index (χ1v) is 7.87. The van der Waals surface area contributed by atoms with Crippen molar-refractivity contribution in [3.8, 4) is 0 Å². The van der Waals surface area contributed by atoms with Crippen molar-refractivity contribution in [3.05, 3.63) is 40.9 Å². The number of carbonyl (C=O) groups is 2. The number of hydrogen-bond donors (Lipinski definition) is 1. The highest BCUT2D eigenvalue weighted by atomic mass is 35.5. The van der Waals surface area contributed by atoms with Crippen LogP contribution in [0.5, 0.6) is 0 Å². The van der Waals surface area contributed by atoms with Crippen LogP contribution in [0.4, 0.5) is 0 Å². The highest BCUT2D eigenvalue weighted by Crippen LogP contribution is 2.18. The van der Waals surface area contributed by atoms with E-state index in [-0.39, 0.29) is 11.9 Å². The third-order valence-electron chi connectivity index (χ3n) is 3.67. The van der Waals surface area contributed by atoms with E-state index in [1.165, 1.54) is 6.08 Å². The Bertz CT molecular complexity index is 565. The van der Waals surface area contributed by atoms with Crippen molar-refractivity contribution in [3.63, 3.8) is 0 Å². The van der Waals surface area contributed by atoms with Crippen LogP contribution in [0, 0.1) is 0 Å². The smallest absolute Gasteiger partial charge is 0.331 e. The lowest BCUT2D eigenvalue weighted by Crippen LogP contribution is -2.40. The molecule has 1 aromatic rings. The number of halogens is 1. The number of rotatable bonds is 5. The SMILES string of the molecule is CC(OC(=O)/C=C/c1ccccc1Cl)C(=O)NC1CCCC1. The summed E-state index contributed by atoms with van der Waals surface area (Å²) in [5.74, 6) is -0.805. The van der Waals surface area contributed by atoms with Crippen molar-refractivity contribution >= 4 is 29.6 Å². The molecule has 4 nitrogen and oxygen atoms in total. The summed E-state index contributed by atoms with van der Waals surface area (Å²) in [4.78, 5) is 23.7. The van der Waals surface area contributed by atoms with E-state index in [0.717, 1.165) is 31.2 Å². The lowest BCUT2D eigenvalue weighted by Gasteiger charge is -2.16. The molecule has 1 saturated carbocycles. The summed E-state index contributed by atoms with van der Waals surface area (Å²) in [6, 6.07) is 7.39. The largest absolute Gasteiger partial charge is 0.449 e. The quantitative estimate of drug-likeness (QED) is 0.668. The van der Waals surface area contributed by atoms with Crippen molar-refractivity contribution in [2.75, 3.05) is 0 Å². The first-order valence-electron chi connectivity index (χ1n) is 7.50. The predicted octanol–water partition coefficient (Wildman–Crippen LogP) is 3.34. The molecule has 1 unspecified atom stereocenters. The van der Waals surface area contributed by atoms with E-state index in [1.54, 1.807) is 25.1 Å². The molecule has 2 rings (SSSR count). The Morgan fingerprint density at radius 2 is 2.00 bits per heavy atom. The molecule has 0 bridgehead atoms. The number of carbonyl (C=O) groups excluding carboxylic acids is 2. The Kier molecular flexibility index (Phi) is 6.01. The highest BCUT2D eigenvalue weighted by Gasteiger charge is 2.22. The Morgan fingerprint density at radius 3 is 2.68 bits per heavy atom. The van der Waals surface area contributed by atoms with E-state index in [2.05, 4.69) is 5.32 Å². The van der Waals surface area contributed by atoms with Crippen LogP contribution in [0.25, 0.3) is 6.08 Å². The van der Waals surface area contributed by atoms with E-state index >= 15 is 0 Å². The second-order valence-electron chi connectivity index (χ2n) is 5.42. The van der Waals surface area contributed by atoms with Gasteiger partial charge in [0.25, 0.3) is 5.91 Å². The van der Waals surface area contributed by atoms with Crippen molar-refractivity contribution < 1.29 is 14.3 Å². The fourth-order valence-electron chi connectivity index (χ4n) is 2.42. The van der Waals surface area contributed by atoms with Gasteiger partial charge in [-0.2, -0.15) is 0 Å². The van der Waals surface area contributed by atoms with E-state index < -0.39 is 12.1 Å². The van der Waals surface area contributed by atoms with Crippen molar-refractivity contribution in [2.45, 2.75) is 44.8 Å². The predicted molar refractivity (Wildman–Crippen MR) is 86.4 cm³/mol. The van der Waals surface area contributed by atoms with Crippen LogP contribution in [0.1, 0.15) is 38.2 Å². The molecule has 1 N–H and O–H groups in total. The molecule has 0 spiro atoms. The molecule has 1 fully saturated rings. The zero-order valence-electron chi connectivity index (χ0n) is 12.5. The van der Waals surface area contributed by atoms with Gasteiger partial charge in [-0.3, -0.25) is 4.79 Å². The van der Waals surface area contributed by atoms with Gasteiger partial charge in [0.05, 0.1) is 0 Å². The van der Waals surface area contributed by atoms with E-state index in [9.17, 15) is 9.59 Å². The molecule has 1 amide bonds. The van der Waals surface area contributed by atoms with Crippen LogP contribution >= 0.6 is 11.6 Å². The van der Waals surface area contributed by atoms with Gasteiger partial charge in [0, 0.05) is 17.1 Å². The molecule has 0 radical (unpaired) electrons. The van der Waals surface area contributed by atoms with Gasteiger partial charge in [0.2, 0.25) is 0 Å². The zero-order chi connectivity index (χ0) is 15.9. The summed E-state index contributed by atoms with van der Waals surface area (Å²) in [6.45, 7) is 1.57. The third kappa shape index (κ3) is 4.88. The molecule has 0 aliphatic heterocycles. The maximum Gasteiger partial charge on any atom is 0.331 e. The van der Waals surface area contributed by atoms with Crippen molar-refractivity contribution in [1.82, 2.24) is 5.32 Å². The molecular formula is C17H20ClNO3. The number of hydrogen-bond acceptors (Lipinski definition) is 3. The lowest BCUT2D eigenvalue weighted by molar-refractivity contribution is -0.150. The molecule has 1 aromatic carbocycles. The number of nitrogens with one attached hydrogen (secondary N) is 1. The van der Waals surface area contributed by atoms with Gasteiger partial charge >= 0.3 is 5.97 Å². The number of amides is 1. The average Bonchev–Trinajstić information content (AvgIpc) is 2.99. The van der Waals surface area contributed by atoms with Gasteiger partial charge < -0.3 is 10.1 Å². The summed E-state index contributed by atoms with van der Waals surface area (Å²) in [5.41, 5.74) is 0.726. The second-order valence-corrected chi connectivity index (χ2v) is 5.83. The van der Waals surface area contributed by atoms with E-state index in [4.69, 9.17) is 16.3 Å². The Morgan fingerprint density at radius 1 is 1.32 bits per heavy atom. The van der Waals surface area contributed by atoms with E-state index in [0.29, 0.717) is 5.02 Å². The normalized spacial score (nSPS) is 16.6. The molecule has 1 aliphatic carbocycles. The first-order chi connectivity index (χ1) is 10.6. The number of esters is 1. The molecule has 0 heterocycles. The molecule has 0 saturated heterocycles. The van der Waals surface area contributed by atoms with Crippen LogP contribution in [0.3, 0.4) is 0 Å². The van der Waals surface area contributed by atoms with Crippen molar-refractivity contribution in [2.24, 2.45) is 0 Å². The summed E-state index contributed by atoms with van der Waals surface area (Å²) >= 11 is 5.99. The third-order valence-corrected chi connectivity index (χ3v) is 4.01. The van der Waals surface area contributed by atoms with Gasteiger partial charge in [-0.1, -0.05) is 42.6 Å². The van der Waals surface area contributed by atoms with Gasteiger partial charge in [-0.05, 0) is 37.5 Å². The Balaban J connectivity index is 1.83. The Hall–Kier alpha value is -1.81. The fraction of sp³-hybridized carbons (Fsp3) is 0.412. The van der Waals surface area contributed by atoms with Gasteiger partial charge in [-0.15, -0.1) is 0 Å². The van der Waals surface area contributed by atoms with E-state index in [1.807, 2.05) is 12.1 Å². The lowest BCUT2D eigenvalue weighted by atomic mass is 10.2.